The van der Waals surface area contributed by atoms with E-state index in [1.54, 1.807) is 36.9 Å². The number of rotatable bonds is 3. The fourth-order valence-electron chi connectivity index (χ4n) is 3.94. The molecule has 0 saturated carbocycles. The van der Waals surface area contributed by atoms with E-state index in [2.05, 4.69) is 0 Å². The van der Waals surface area contributed by atoms with E-state index in [0.29, 0.717) is 17.3 Å². The first-order chi connectivity index (χ1) is 11.4. The molecule has 2 unspecified atom stereocenters. The van der Waals surface area contributed by atoms with Gasteiger partial charge < -0.3 is 14.4 Å². The summed E-state index contributed by atoms with van der Waals surface area (Å²) in [6.07, 6.45) is 3.19. The van der Waals surface area contributed by atoms with Crippen LogP contribution in [0.15, 0.2) is 36.4 Å². The Bertz CT molecular complexity index is 746. The van der Waals surface area contributed by atoms with E-state index >= 15 is 0 Å². The first-order valence-electron chi connectivity index (χ1n) is 8.06. The Labute approximate surface area is 145 Å². The molecule has 0 radical (unpaired) electrons. The van der Waals surface area contributed by atoms with Gasteiger partial charge in [-0.1, -0.05) is 29.8 Å². The molecule has 3 aliphatic heterocycles. The minimum atomic E-state index is -0.745. The highest BCUT2D eigenvalue weighted by Gasteiger charge is 2.67. The summed E-state index contributed by atoms with van der Waals surface area (Å²) in [6.45, 7) is 3.98. The average Bonchev–Trinajstić information content (AvgIpc) is 3.15. The first-order valence-corrected chi connectivity index (χ1v) is 8.44. The van der Waals surface area contributed by atoms with Crippen LogP contribution in [0.1, 0.15) is 13.8 Å². The lowest BCUT2D eigenvalue weighted by atomic mass is 9.77. The van der Waals surface area contributed by atoms with E-state index in [-0.39, 0.29) is 24.1 Å². The largest absolute Gasteiger partial charge is 0.463 e. The zero-order chi connectivity index (χ0) is 17.1. The summed E-state index contributed by atoms with van der Waals surface area (Å²) < 4.78 is 11.4. The van der Waals surface area contributed by atoms with Crippen molar-refractivity contribution in [2.45, 2.75) is 31.7 Å². The van der Waals surface area contributed by atoms with Crippen molar-refractivity contribution in [1.82, 2.24) is 0 Å². The molecule has 6 heteroatoms. The molecule has 24 heavy (non-hydrogen) atoms. The Morgan fingerprint density at radius 2 is 2.25 bits per heavy atom. The number of carbonyl (C=O) groups is 2. The van der Waals surface area contributed by atoms with Crippen LogP contribution in [0.4, 0.5) is 5.69 Å². The van der Waals surface area contributed by atoms with Gasteiger partial charge in [-0.2, -0.15) is 0 Å². The quantitative estimate of drug-likeness (QED) is 0.623. The van der Waals surface area contributed by atoms with Crippen molar-refractivity contribution >= 4 is 29.2 Å². The molecule has 1 aromatic carbocycles. The molecule has 2 saturated heterocycles. The maximum absolute atomic E-state index is 13.0. The van der Waals surface area contributed by atoms with Crippen molar-refractivity contribution in [2.75, 3.05) is 11.4 Å². The molecule has 4 atom stereocenters. The number of benzene rings is 1. The molecule has 4 rings (SSSR count). The normalized spacial score (nSPS) is 33.4. The summed E-state index contributed by atoms with van der Waals surface area (Å²) in [5.41, 5.74) is -0.0298. The van der Waals surface area contributed by atoms with Gasteiger partial charge in [-0.15, -0.1) is 0 Å². The van der Waals surface area contributed by atoms with E-state index in [9.17, 15) is 9.59 Å². The summed E-state index contributed by atoms with van der Waals surface area (Å²) in [5, 5.41) is 0.561. The molecular weight excluding hydrogens is 330 g/mol. The molecule has 0 N–H and O–H groups in total. The smallest absolute Gasteiger partial charge is 0.313 e. The van der Waals surface area contributed by atoms with E-state index in [0.717, 1.165) is 0 Å². The number of nitrogens with zero attached hydrogens (tertiary/aromatic N) is 1. The number of hydrogen-bond donors (Lipinski definition) is 0. The fraction of sp³-hybridized carbons (Fsp3) is 0.444. The Kier molecular flexibility index (Phi) is 3.48. The van der Waals surface area contributed by atoms with Crippen molar-refractivity contribution in [3.8, 4) is 0 Å². The third-order valence-corrected chi connectivity index (χ3v) is 5.08. The summed E-state index contributed by atoms with van der Waals surface area (Å²) in [6, 6.07) is 7.14. The number of halogens is 1. The molecule has 0 aliphatic carbocycles. The van der Waals surface area contributed by atoms with E-state index in [1.165, 1.54) is 0 Å². The van der Waals surface area contributed by atoms with Crippen molar-refractivity contribution < 1.29 is 19.1 Å². The number of amides is 1. The van der Waals surface area contributed by atoms with Gasteiger partial charge in [0.15, 0.2) is 0 Å². The van der Waals surface area contributed by atoms with E-state index in [1.807, 2.05) is 18.2 Å². The van der Waals surface area contributed by atoms with Gasteiger partial charge in [0.2, 0.25) is 5.91 Å². The van der Waals surface area contributed by atoms with E-state index in [4.69, 9.17) is 21.1 Å². The molecule has 3 aliphatic rings. The number of fused-ring (bicyclic) bond motifs is 1. The van der Waals surface area contributed by atoms with E-state index < -0.39 is 17.4 Å². The van der Waals surface area contributed by atoms with Crippen LogP contribution >= 0.6 is 11.6 Å². The van der Waals surface area contributed by atoms with Gasteiger partial charge in [0.05, 0.1) is 24.7 Å². The second-order valence-corrected chi connectivity index (χ2v) is 7.23. The summed E-state index contributed by atoms with van der Waals surface area (Å²) in [7, 11) is 0. The molecule has 5 nitrogen and oxygen atoms in total. The molecular formula is C18H18ClNO4. The Morgan fingerprint density at radius 1 is 1.46 bits per heavy atom. The third kappa shape index (κ3) is 2.19. The SMILES string of the molecule is CC(C)OC(=O)C1[C@H]2C=CC3(CN(c4cccc(Cl)c4)C(=O)[C@@H]13)O2. The van der Waals surface area contributed by atoms with Crippen LogP contribution in [-0.2, 0) is 19.1 Å². The number of hydrogen-bond acceptors (Lipinski definition) is 4. The van der Waals surface area contributed by atoms with Gasteiger partial charge in [0.25, 0.3) is 0 Å². The highest BCUT2D eigenvalue weighted by atomic mass is 35.5. The van der Waals surface area contributed by atoms with Gasteiger partial charge in [-0.05, 0) is 32.0 Å². The number of carbonyl (C=O) groups excluding carboxylic acids is 2. The molecule has 1 spiro atoms. The van der Waals surface area contributed by atoms with Crippen molar-refractivity contribution in [2.24, 2.45) is 11.8 Å². The summed E-state index contributed by atoms with van der Waals surface area (Å²) in [4.78, 5) is 27.2. The first kappa shape index (κ1) is 15.7. The maximum atomic E-state index is 13.0. The van der Waals surface area contributed by atoms with Crippen LogP contribution in [0.2, 0.25) is 5.02 Å². The number of anilines is 1. The predicted octanol–water partition coefficient (Wildman–Crippen LogP) is 2.58. The zero-order valence-corrected chi connectivity index (χ0v) is 14.2. The average molecular weight is 348 g/mol. The van der Waals surface area contributed by atoms with Gasteiger partial charge >= 0.3 is 5.97 Å². The van der Waals surface area contributed by atoms with Gasteiger partial charge in [-0.25, -0.2) is 0 Å². The summed E-state index contributed by atoms with van der Waals surface area (Å²) in [5.74, 6) is -1.62. The standard InChI is InChI=1S/C18H18ClNO4/c1-10(2)23-17(22)14-13-6-7-18(24-13)9-20(16(21)15(14)18)12-5-3-4-11(19)8-12/h3-8,10,13-15H,9H2,1-2H3/t13-,14?,15-,18?/m1/s1. The molecule has 126 valence electrons. The van der Waals surface area contributed by atoms with Crippen LogP contribution in [0.5, 0.6) is 0 Å². The Hall–Kier alpha value is -1.85. The van der Waals surface area contributed by atoms with Gasteiger partial charge in [0, 0.05) is 10.7 Å². The van der Waals surface area contributed by atoms with Crippen LogP contribution in [0.3, 0.4) is 0 Å². The molecule has 3 heterocycles. The zero-order valence-electron chi connectivity index (χ0n) is 13.4. The highest BCUT2D eigenvalue weighted by Crippen LogP contribution is 2.53. The van der Waals surface area contributed by atoms with Crippen LogP contribution in [0.25, 0.3) is 0 Å². The topological polar surface area (TPSA) is 55.8 Å². The fourth-order valence-corrected chi connectivity index (χ4v) is 4.13. The molecule has 2 bridgehead atoms. The van der Waals surface area contributed by atoms with Crippen LogP contribution in [-0.4, -0.2) is 36.2 Å². The second-order valence-electron chi connectivity index (χ2n) is 6.79. The Balaban J connectivity index is 1.68. The number of esters is 1. The summed E-state index contributed by atoms with van der Waals surface area (Å²) >= 11 is 6.05. The third-order valence-electron chi connectivity index (χ3n) is 4.84. The van der Waals surface area contributed by atoms with Crippen molar-refractivity contribution in [1.29, 1.82) is 0 Å². The monoisotopic (exact) mass is 347 g/mol. The van der Waals surface area contributed by atoms with Crippen molar-refractivity contribution in [3.05, 3.63) is 41.4 Å². The lowest BCUT2D eigenvalue weighted by molar-refractivity contribution is -0.156. The lowest BCUT2D eigenvalue weighted by Crippen LogP contribution is -2.40. The highest BCUT2D eigenvalue weighted by molar-refractivity contribution is 6.31. The predicted molar refractivity (Wildman–Crippen MR) is 88.8 cm³/mol. The second kappa shape index (κ2) is 5.33. The van der Waals surface area contributed by atoms with Gasteiger partial charge in [0.1, 0.15) is 11.5 Å². The van der Waals surface area contributed by atoms with Crippen LogP contribution < -0.4 is 4.90 Å². The lowest BCUT2D eigenvalue weighted by Gasteiger charge is -2.23. The van der Waals surface area contributed by atoms with Crippen molar-refractivity contribution in [3.63, 3.8) is 0 Å². The minimum Gasteiger partial charge on any atom is -0.463 e. The molecule has 1 aromatic rings. The molecule has 1 amide bonds. The molecule has 0 aromatic heterocycles. The number of ether oxygens (including phenoxy) is 2. The maximum Gasteiger partial charge on any atom is 0.313 e. The molecule has 2 fully saturated rings. The van der Waals surface area contributed by atoms with Crippen LogP contribution in [0, 0.1) is 11.8 Å². The van der Waals surface area contributed by atoms with Gasteiger partial charge in [-0.3, -0.25) is 9.59 Å². The minimum absolute atomic E-state index is 0.116. The Morgan fingerprint density at radius 3 is 2.96 bits per heavy atom.